The fourth-order valence-corrected chi connectivity index (χ4v) is 4.42. The molecule has 0 spiro atoms. The van der Waals surface area contributed by atoms with Crippen LogP contribution in [0, 0.1) is 11.2 Å². The van der Waals surface area contributed by atoms with E-state index < -0.39 is 27.2 Å². The van der Waals surface area contributed by atoms with Crippen LogP contribution < -0.4 is 4.72 Å². The van der Waals surface area contributed by atoms with Gasteiger partial charge in [-0.05, 0) is 49.4 Å². The van der Waals surface area contributed by atoms with E-state index >= 15 is 0 Å². The van der Waals surface area contributed by atoms with E-state index in [0.29, 0.717) is 24.8 Å². The van der Waals surface area contributed by atoms with E-state index in [9.17, 15) is 17.6 Å². The number of carbonyl (C=O) groups excluding carboxylic acids is 1. The number of rotatable bonds is 5. The fourth-order valence-electron chi connectivity index (χ4n) is 3.21. The standard InChI is InChI=1S/C15H19BrFNO4S/c1-22-14(19)15(6-5-12(9-15)18-23(2,20)21)8-10-7-11(16)3-4-13(10)17/h3-4,7,12,18H,5-6,8-9H2,1-2H3/t12-,15+/m0/s1. The van der Waals surface area contributed by atoms with E-state index in [2.05, 4.69) is 20.7 Å². The van der Waals surface area contributed by atoms with Crippen LogP contribution >= 0.6 is 15.9 Å². The maximum atomic E-state index is 14.0. The first-order chi connectivity index (χ1) is 10.6. The van der Waals surface area contributed by atoms with Gasteiger partial charge in [0.25, 0.3) is 0 Å². The SMILES string of the molecule is COC(=O)[C@@]1(Cc2cc(Br)ccc2F)CC[C@H](NS(C)(=O)=O)C1. The first kappa shape index (κ1) is 18.4. The molecule has 0 heterocycles. The average Bonchev–Trinajstić information content (AvgIpc) is 2.84. The maximum Gasteiger partial charge on any atom is 0.312 e. The molecule has 0 radical (unpaired) electrons. The lowest BCUT2D eigenvalue weighted by Crippen LogP contribution is -2.37. The van der Waals surface area contributed by atoms with Crippen LogP contribution in [0.2, 0.25) is 0 Å². The summed E-state index contributed by atoms with van der Waals surface area (Å²) < 4.78 is 45.0. The Morgan fingerprint density at radius 2 is 2.22 bits per heavy atom. The molecule has 128 valence electrons. The lowest BCUT2D eigenvalue weighted by Gasteiger charge is -2.27. The third-order valence-electron chi connectivity index (χ3n) is 4.14. The normalized spacial score (nSPS) is 24.6. The monoisotopic (exact) mass is 407 g/mol. The molecule has 0 bridgehead atoms. The minimum atomic E-state index is -3.36. The number of carbonyl (C=O) groups is 1. The van der Waals surface area contributed by atoms with Crippen LogP contribution in [0.3, 0.4) is 0 Å². The van der Waals surface area contributed by atoms with E-state index in [-0.39, 0.29) is 12.5 Å². The van der Waals surface area contributed by atoms with Crippen molar-refractivity contribution in [1.82, 2.24) is 4.72 Å². The minimum Gasteiger partial charge on any atom is -0.469 e. The molecule has 2 atom stereocenters. The molecule has 1 aromatic carbocycles. The highest BCUT2D eigenvalue weighted by Gasteiger charge is 2.47. The Bertz CT molecular complexity index is 709. The summed E-state index contributed by atoms with van der Waals surface area (Å²) in [5, 5.41) is 0. The zero-order valence-electron chi connectivity index (χ0n) is 12.9. The van der Waals surface area contributed by atoms with Crippen LogP contribution in [-0.2, 0) is 26.0 Å². The van der Waals surface area contributed by atoms with Crippen molar-refractivity contribution in [1.29, 1.82) is 0 Å². The lowest BCUT2D eigenvalue weighted by molar-refractivity contribution is -0.152. The molecule has 0 saturated heterocycles. The number of hydrogen-bond donors (Lipinski definition) is 1. The number of ether oxygens (including phenoxy) is 1. The fraction of sp³-hybridized carbons (Fsp3) is 0.533. The summed E-state index contributed by atoms with van der Waals surface area (Å²) >= 11 is 3.29. The van der Waals surface area contributed by atoms with E-state index in [1.54, 1.807) is 12.1 Å². The first-order valence-corrected chi connectivity index (χ1v) is 9.83. The van der Waals surface area contributed by atoms with Gasteiger partial charge < -0.3 is 4.74 Å². The van der Waals surface area contributed by atoms with E-state index in [0.717, 1.165) is 10.7 Å². The zero-order chi connectivity index (χ0) is 17.3. The summed E-state index contributed by atoms with van der Waals surface area (Å²) in [5.74, 6) is -0.828. The number of benzene rings is 1. The average molecular weight is 408 g/mol. The molecule has 0 amide bonds. The predicted octanol–water partition coefficient (Wildman–Crippen LogP) is 2.39. The van der Waals surface area contributed by atoms with E-state index in [1.807, 2.05) is 0 Å². The highest BCUT2D eigenvalue weighted by molar-refractivity contribution is 9.10. The van der Waals surface area contributed by atoms with Gasteiger partial charge in [0.2, 0.25) is 10.0 Å². The van der Waals surface area contributed by atoms with Gasteiger partial charge in [-0.3, -0.25) is 4.79 Å². The molecule has 2 rings (SSSR count). The molecule has 1 N–H and O–H groups in total. The number of nitrogens with one attached hydrogen (secondary N) is 1. The number of halogens is 2. The van der Waals surface area contributed by atoms with Crippen molar-refractivity contribution in [2.24, 2.45) is 5.41 Å². The molecule has 0 aromatic heterocycles. The lowest BCUT2D eigenvalue weighted by atomic mass is 9.79. The van der Waals surface area contributed by atoms with Gasteiger partial charge in [0.05, 0.1) is 18.8 Å². The topological polar surface area (TPSA) is 72.5 Å². The van der Waals surface area contributed by atoms with Crippen molar-refractivity contribution in [3.63, 3.8) is 0 Å². The molecular formula is C15H19BrFNO4S. The number of hydrogen-bond acceptors (Lipinski definition) is 4. The second-order valence-electron chi connectivity index (χ2n) is 6.01. The summed E-state index contributed by atoms with van der Waals surface area (Å²) in [4.78, 5) is 12.3. The van der Waals surface area contributed by atoms with Gasteiger partial charge >= 0.3 is 5.97 Å². The van der Waals surface area contributed by atoms with Crippen molar-refractivity contribution in [3.8, 4) is 0 Å². The molecule has 8 heteroatoms. The maximum absolute atomic E-state index is 14.0. The molecule has 1 aliphatic rings. The second kappa shape index (κ2) is 6.86. The van der Waals surface area contributed by atoms with Crippen molar-refractivity contribution < 1.29 is 22.3 Å². The Kier molecular flexibility index (Phi) is 5.48. The van der Waals surface area contributed by atoms with Crippen molar-refractivity contribution >= 4 is 31.9 Å². The largest absolute Gasteiger partial charge is 0.469 e. The highest BCUT2D eigenvalue weighted by Crippen LogP contribution is 2.43. The van der Waals surface area contributed by atoms with Crippen LogP contribution in [0.15, 0.2) is 22.7 Å². The Labute approximate surface area is 143 Å². The molecule has 23 heavy (non-hydrogen) atoms. The number of sulfonamides is 1. The third-order valence-corrected chi connectivity index (χ3v) is 5.40. The zero-order valence-corrected chi connectivity index (χ0v) is 15.3. The molecule has 1 fully saturated rings. The summed E-state index contributed by atoms with van der Waals surface area (Å²) in [7, 11) is -2.07. The van der Waals surface area contributed by atoms with Crippen molar-refractivity contribution in [2.75, 3.05) is 13.4 Å². The van der Waals surface area contributed by atoms with Gasteiger partial charge in [-0.25, -0.2) is 17.5 Å². The van der Waals surface area contributed by atoms with Crippen LogP contribution in [0.4, 0.5) is 4.39 Å². The molecule has 1 aromatic rings. The van der Waals surface area contributed by atoms with E-state index in [1.165, 1.54) is 13.2 Å². The van der Waals surface area contributed by atoms with Gasteiger partial charge in [0.1, 0.15) is 5.82 Å². The van der Waals surface area contributed by atoms with Crippen LogP contribution in [0.5, 0.6) is 0 Å². The molecule has 1 saturated carbocycles. The molecule has 1 aliphatic carbocycles. The van der Waals surface area contributed by atoms with Gasteiger partial charge in [0, 0.05) is 10.5 Å². The quantitative estimate of drug-likeness (QED) is 0.760. The predicted molar refractivity (Wildman–Crippen MR) is 87.9 cm³/mol. The van der Waals surface area contributed by atoms with Gasteiger partial charge in [0.15, 0.2) is 0 Å². The molecule has 0 unspecified atom stereocenters. The Balaban J connectivity index is 2.28. The first-order valence-electron chi connectivity index (χ1n) is 7.15. The highest BCUT2D eigenvalue weighted by atomic mass is 79.9. The summed E-state index contributed by atoms with van der Waals surface area (Å²) in [6.45, 7) is 0. The van der Waals surface area contributed by atoms with Gasteiger partial charge in [-0.1, -0.05) is 15.9 Å². The Morgan fingerprint density at radius 3 is 2.83 bits per heavy atom. The number of esters is 1. The minimum absolute atomic E-state index is 0.174. The number of methoxy groups -OCH3 is 1. The molecular weight excluding hydrogens is 389 g/mol. The van der Waals surface area contributed by atoms with Crippen LogP contribution in [0.1, 0.15) is 24.8 Å². The smallest absolute Gasteiger partial charge is 0.312 e. The molecule has 5 nitrogen and oxygen atoms in total. The summed E-state index contributed by atoms with van der Waals surface area (Å²) in [5.41, 5.74) is -0.511. The van der Waals surface area contributed by atoms with Crippen LogP contribution in [0.25, 0.3) is 0 Å². The Morgan fingerprint density at radius 1 is 1.52 bits per heavy atom. The van der Waals surface area contributed by atoms with Gasteiger partial charge in [-0.2, -0.15) is 0 Å². The Hall–Kier alpha value is -0.990. The van der Waals surface area contributed by atoms with E-state index in [4.69, 9.17) is 4.74 Å². The van der Waals surface area contributed by atoms with Crippen LogP contribution in [-0.4, -0.2) is 33.8 Å². The second-order valence-corrected chi connectivity index (χ2v) is 8.71. The third kappa shape index (κ3) is 4.51. The molecule has 0 aliphatic heterocycles. The van der Waals surface area contributed by atoms with Gasteiger partial charge in [-0.15, -0.1) is 0 Å². The van der Waals surface area contributed by atoms with Crippen molar-refractivity contribution in [2.45, 2.75) is 31.7 Å². The van der Waals surface area contributed by atoms with Crippen molar-refractivity contribution in [3.05, 3.63) is 34.1 Å². The summed E-state index contributed by atoms with van der Waals surface area (Å²) in [6.07, 6.45) is 2.50. The summed E-state index contributed by atoms with van der Waals surface area (Å²) in [6, 6.07) is 4.22.